The summed E-state index contributed by atoms with van der Waals surface area (Å²) in [5.41, 5.74) is -1.85. The average Bonchev–Trinajstić information content (AvgIpc) is 2.50. The lowest BCUT2D eigenvalue weighted by Gasteiger charge is -2.32. The van der Waals surface area contributed by atoms with Crippen molar-refractivity contribution in [1.82, 2.24) is 4.90 Å². The molecular weight excluding hydrogens is 397 g/mol. The topological polar surface area (TPSA) is 65.1 Å². The predicted octanol–water partition coefficient (Wildman–Crippen LogP) is 5.86. The van der Waals surface area contributed by atoms with Gasteiger partial charge in [0, 0.05) is 11.4 Å². The first-order valence-corrected chi connectivity index (χ1v) is 13.3. The van der Waals surface area contributed by atoms with Crippen LogP contribution in [0.5, 0.6) is 0 Å². The number of carbonyl (C=O) groups is 1. The first-order chi connectivity index (χ1) is 12.6. The highest BCUT2D eigenvalue weighted by molar-refractivity contribution is 8.55. The van der Waals surface area contributed by atoms with Crippen molar-refractivity contribution in [3.05, 3.63) is 0 Å². The van der Waals surface area contributed by atoms with E-state index < -0.39 is 23.4 Å². The molecule has 28 heavy (non-hydrogen) atoms. The van der Waals surface area contributed by atoms with E-state index in [1.54, 1.807) is 0 Å². The van der Waals surface area contributed by atoms with Gasteiger partial charge in [-0.3, -0.25) is 13.8 Å². The highest BCUT2D eigenvalue weighted by Crippen LogP contribution is 2.64. The van der Waals surface area contributed by atoms with E-state index >= 15 is 0 Å². The Labute approximate surface area is 175 Å². The summed E-state index contributed by atoms with van der Waals surface area (Å²) >= 11 is 0.926. The first-order valence-electron chi connectivity index (χ1n) is 10.2. The van der Waals surface area contributed by atoms with E-state index in [-0.39, 0.29) is 11.9 Å². The molecule has 0 amide bonds. The van der Waals surface area contributed by atoms with Crippen LogP contribution in [0, 0.1) is 5.41 Å². The van der Waals surface area contributed by atoms with E-state index in [1.165, 1.54) is 19.3 Å². The predicted molar refractivity (Wildman–Crippen MR) is 117 cm³/mol. The minimum absolute atomic E-state index is 0.0601. The normalized spacial score (nSPS) is 17.6. The van der Waals surface area contributed by atoms with E-state index in [2.05, 4.69) is 4.90 Å². The van der Waals surface area contributed by atoms with Crippen LogP contribution in [0.25, 0.3) is 0 Å². The van der Waals surface area contributed by atoms with Gasteiger partial charge < -0.3 is 9.64 Å². The van der Waals surface area contributed by atoms with Crippen LogP contribution in [0.4, 0.5) is 0 Å². The number of carbonyl (C=O) groups excluding carboxylic acids is 1. The van der Waals surface area contributed by atoms with Gasteiger partial charge in [-0.1, -0.05) is 6.42 Å². The third-order valence-electron chi connectivity index (χ3n) is 4.23. The lowest BCUT2D eigenvalue weighted by atomic mass is 9.89. The molecule has 0 unspecified atom stereocenters. The summed E-state index contributed by atoms with van der Waals surface area (Å²) in [4.78, 5) is 15.0. The SMILES string of the molecule is CC(C)(C)OP(=O)(OC(C)(C)C)SCOC(=O)C(C)(C)CCN1CCCCC1. The highest BCUT2D eigenvalue weighted by atomic mass is 32.7. The second kappa shape index (κ2) is 10.3. The quantitative estimate of drug-likeness (QED) is 0.254. The number of ether oxygens (including phenoxy) is 1. The van der Waals surface area contributed by atoms with Crippen LogP contribution in [0.1, 0.15) is 81.1 Å². The van der Waals surface area contributed by atoms with E-state index in [9.17, 15) is 9.36 Å². The Bertz CT molecular complexity index is 528. The van der Waals surface area contributed by atoms with Crippen molar-refractivity contribution in [3.63, 3.8) is 0 Å². The van der Waals surface area contributed by atoms with Gasteiger partial charge >= 0.3 is 12.8 Å². The molecule has 6 nitrogen and oxygen atoms in total. The molecule has 1 saturated heterocycles. The van der Waals surface area contributed by atoms with Crippen molar-refractivity contribution in [2.45, 2.75) is 92.3 Å². The Kier molecular flexibility index (Phi) is 9.55. The number of hydrogen-bond acceptors (Lipinski definition) is 7. The van der Waals surface area contributed by atoms with Gasteiger partial charge in [-0.2, -0.15) is 0 Å². The van der Waals surface area contributed by atoms with Crippen LogP contribution >= 0.6 is 18.2 Å². The second-order valence-corrected chi connectivity index (χ2v) is 13.9. The van der Waals surface area contributed by atoms with Gasteiger partial charge in [-0.05, 0) is 94.3 Å². The second-order valence-electron chi connectivity index (χ2n) is 10.1. The van der Waals surface area contributed by atoms with Crippen molar-refractivity contribution in [1.29, 1.82) is 0 Å². The molecule has 0 spiro atoms. The monoisotopic (exact) mass is 437 g/mol. The summed E-state index contributed by atoms with van der Waals surface area (Å²) in [6.07, 6.45) is 4.51. The molecule has 1 aliphatic heterocycles. The fourth-order valence-corrected chi connectivity index (χ4v) is 6.78. The van der Waals surface area contributed by atoms with Gasteiger partial charge in [0.25, 0.3) is 0 Å². The van der Waals surface area contributed by atoms with Crippen molar-refractivity contribution in [2.75, 3.05) is 25.6 Å². The summed E-state index contributed by atoms with van der Waals surface area (Å²) < 4.78 is 30.0. The Balaban J connectivity index is 2.56. The lowest BCUT2D eigenvalue weighted by molar-refractivity contribution is -0.152. The van der Waals surface area contributed by atoms with E-state index in [4.69, 9.17) is 13.8 Å². The van der Waals surface area contributed by atoms with Crippen LogP contribution in [-0.4, -0.2) is 47.6 Å². The zero-order valence-electron chi connectivity index (χ0n) is 19.0. The molecule has 0 aliphatic carbocycles. The molecule has 0 aromatic heterocycles. The summed E-state index contributed by atoms with van der Waals surface area (Å²) in [7, 11) is 0. The Morgan fingerprint density at radius 3 is 1.89 bits per heavy atom. The summed E-state index contributed by atoms with van der Waals surface area (Å²) in [5.74, 6) is -0.342. The summed E-state index contributed by atoms with van der Waals surface area (Å²) in [6, 6.07) is 0. The maximum atomic E-state index is 13.1. The number of hydrogen-bond donors (Lipinski definition) is 0. The molecule has 8 heteroatoms. The Morgan fingerprint density at radius 2 is 1.43 bits per heavy atom. The highest BCUT2D eigenvalue weighted by Gasteiger charge is 2.37. The molecular formula is C20H40NO5PS. The maximum absolute atomic E-state index is 13.1. The third-order valence-corrected chi connectivity index (χ3v) is 8.02. The van der Waals surface area contributed by atoms with Crippen molar-refractivity contribution < 1.29 is 23.1 Å². The lowest BCUT2D eigenvalue weighted by Crippen LogP contribution is -2.36. The van der Waals surface area contributed by atoms with Crippen LogP contribution in [-0.2, 0) is 23.1 Å². The maximum Gasteiger partial charge on any atom is 0.393 e. The zero-order chi connectivity index (χ0) is 21.6. The molecule has 0 saturated carbocycles. The molecule has 0 atom stereocenters. The number of rotatable bonds is 9. The zero-order valence-corrected chi connectivity index (χ0v) is 20.7. The number of nitrogens with zero attached hydrogens (tertiary/aromatic N) is 1. The van der Waals surface area contributed by atoms with Gasteiger partial charge in [-0.25, -0.2) is 4.57 Å². The summed E-state index contributed by atoms with van der Waals surface area (Å²) in [5, 5.41) is 0. The molecule has 1 heterocycles. The first kappa shape index (κ1) is 26.0. The fraction of sp³-hybridized carbons (Fsp3) is 0.950. The van der Waals surface area contributed by atoms with Crippen LogP contribution in [0.3, 0.4) is 0 Å². The Hall–Kier alpha value is -0.0700. The molecule has 1 fully saturated rings. The van der Waals surface area contributed by atoms with Gasteiger partial charge in [0.05, 0.1) is 16.6 Å². The van der Waals surface area contributed by atoms with E-state index in [0.717, 1.165) is 37.4 Å². The molecule has 1 aliphatic rings. The van der Waals surface area contributed by atoms with Crippen molar-refractivity contribution in [2.24, 2.45) is 5.41 Å². The molecule has 0 aromatic carbocycles. The van der Waals surface area contributed by atoms with Gasteiger partial charge in [0.2, 0.25) is 0 Å². The number of piperidine rings is 1. The molecule has 0 aromatic rings. The van der Waals surface area contributed by atoms with Crippen LogP contribution in [0.2, 0.25) is 0 Å². The van der Waals surface area contributed by atoms with Gasteiger partial charge in [0.1, 0.15) is 5.94 Å². The minimum Gasteiger partial charge on any atom is -0.454 e. The summed E-state index contributed by atoms with van der Waals surface area (Å²) in [6.45, 7) is 14.4. The van der Waals surface area contributed by atoms with Crippen LogP contribution < -0.4 is 0 Å². The molecule has 1 rings (SSSR count). The van der Waals surface area contributed by atoms with E-state index in [0.29, 0.717) is 0 Å². The van der Waals surface area contributed by atoms with Gasteiger partial charge in [-0.15, -0.1) is 0 Å². The number of likely N-dealkylation sites (tertiary alicyclic amines) is 1. The fourth-order valence-electron chi connectivity index (χ4n) is 2.80. The average molecular weight is 438 g/mol. The van der Waals surface area contributed by atoms with Crippen LogP contribution in [0.15, 0.2) is 0 Å². The van der Waals surface area contributed by atoms with Gasteiger partial charge in [0.15, 0.2) is 0 Å². The number of esters is 1. The third kappa shape index (κ3) is 10.6. The largest absolute Gasteiger partial charge is 0.454 e. The molecule has 0 N–H and O–H groups in total. The van der Waals surface area contributed by atoms with E-state index in [1.807, 2.05) is 55.4 Å². The standard InChI is InChI=1S/C20H40NO5PS/c1-18(2,3)25-27(23,26-19(4,5)6)28-16-24-17(22)20(7,8)12-15-21-13-10-9-11-14-21/h9-16H2,1-8H3. The van der Waals surface area contributed by atoms with Crippen molar-refractivity contribution >= 4 is 24.1 Å². The smallest absolute Gasteiger partial charge is 0.393 e. The molecule has 166 valence electrons. The molecule has 0 radical (unpaired) electrons. The Morgan fingerprint density at radius 1 is 0.929 bits per heavy atom. The minimum atomic E-state index is -3.48. The molecule has 0 bridgehead atoms. The van der Waals surface area contributed by atoms with Crippen molar-refractivity contribution in [3.8, 4) is 0 Å².